The lowest BCUT2D eigenvalue weighted by Gasteiger charge is -2.32. The fourth-order valence-corrected chi connectivity index (χ4v) is 5.44. The van der Waals surface area contributed by atoms with Crippen molar-refractivity contribution in [1.82, 2.24) is 10.2 Å². The van der Waals surface area contributed by atoms with E-state index in [4.69, 9.17) is 16.3 Å². The molecule has 3 rings (SSSR count). The van der Waals surface area contributed by atoms with Crippen LogP contribution in [0.25, 0.3) is 0 Å². The molecule has 1 atom stereocenters. The molecule has 202 valence electrons. The van der Waals surface area contributed by atoms with E-state index in [1.807, 2.05) is 6.92 Å². The Hall–Kier alpha value is -3.63. The summed E-state index contributed by atoms with van der Waals surface area (Å²) in [5.41, 5.74) is 1.15. The van der Waals surface area contributed by atoms with E-state index >= 15 is 0 Å². The quantitative estimate of drug-likeness (QED) is 0.401. The molecule has 0 fully saturated rings. The SMILES string of the molecule is CNC(=O)[C@H](C)N(Cc1ccccc1F)C(=O)CN(c1ccc(OC)c(Cl)c1)S(=O)(=O)c1ccc(C)cc1. The third kappa shape index (κ3) is 6.43. The number of rotatable bonds is 10. The Morgan fingerprint density at radius 1 is 1.08 bits per heavy atom. The Labute approximate surface area is 227 Å². The number of ether oxygens (including phenoxy) is 1. The maximum atomic E-state index is 14.5. The number of carbonyl (C=O) groups excluding carboxylic acids is 2. The summed E-state index contributed by atoms with van der Waals surface area (Å²) >= 11 is 6.29. The lowest BCUT2D eigenvalue weighted by atomic mass is 10.1. The normalized spacial score (nSPS) is 11.9. The molecule has 3 aromatic rings. The predicted molar refractivity (Wildman–Crippen MR) is 144 cm³/mol. The molecule has 0 saturated heterocycles. The lowest BCUT2D eigenvalue weighted by Crippen LogP contribution is -2.50. The van der Waals surface area contributed by atoms with Crippen LogP contribution in [-0.2, 0) is 26.2 Å². The molecule has 1 N–H and O–H groups in total. The molecule has 0 heterocycles. The van der Waals surface area contributed by atoms with Crippen molar-refractivity contribution in [2.45, 2.75) is 31.3 Å². The number of amides is 2. The number of anilines is 1. The molecule has 0 unspecified atom stereocenters. The monoisotopic (exact) mass is 561 g/mol. The zero-order valence-corrected chi connectivity index (χ0v) is 23.0. The van der Waals surface area contributed by atoms with Crippen LogP contribution in [0.2, 0.25) is 5.02 Å². The fraction of sp³-hybridized carbons (Fsp3) is 0.259. The minimum absolute atomic E-state index is 0.0390. The smallest absolute Gasteiger partial charge is 0.264 e. The number of benzene rings is 3. The number of sulfonamides is 1. The summed E-state index contributed by atoms with van der Waals surface area (Å²) in [5.74, 6) is -1.44. The first kappa shape index (κ1) is 28.9. The summed E-state index contributed by atoms with van der Waals surface area (Å²) in [6.45, 7) is 2.39. The van der Waals surface area contributed by atoms with Crippen molar-refractivity contribution >= 4 is 39.1 Å². The largest absolute Gasteiger partial charge is 0.495 e. The van der Waals surface area contributed by atoms with Crippen LogP contribution < -0.4 is 14.4 Å². The number of aryl methyl sites for hydroxylation is 1. The maximum Gasteiger partial charge on any atom is 0.264 e. The van der Waals surface area contributed by atoms with Crippen molar-refractivity contribution in [2.24, 2.45) is 0 Å². The molecule has 38 heavy (non-hydrogen) atoms. The highest BCUT2D eigenvalue weighted by atomic mass is 35.5. The van der Waals surface area contributed by atoms with Crippen LogP contribution in [0.5, 0.6) is 5.75 Å². The number of hydrogen-bond donors (Lipinski definition) is 1. The number of nitrogens with zero attached hydrogens (tertiary/aromatic N) is 2. The zero-order valence-electron chi connectivity index (χ0n) is 21.4. The number of carbonyl (C=O) groups is 2. The Morgan fingerprint density at radius 2 is 1.74 bits per heavy atom. The average molecular weight is 562 g/mol. The molecule has 8 nitrogen and oxygen atoms in total. The van der Waals surface area contributed by atoms with Crippen LogP contribution in [-0.4, -0.2) is 51.9 Å². The Morgan fingerprint density at radius 3 is 2.32 bits per heavy atom. The molecule has 3 aromatic carbocycles. The van der Waals surface area contributed by atoms with E-state index < -0.39 is 40.2 Å². The second-order valence-corrected chi connectivity index (χ2v) is 10.8. The van der Waals surface area contributed by atoms with Gasteiger partial charge >= 0.3 is 0 Å². The molecule has 0 saturated carbocycles. The van der Waals surface area contributed by atoms with Crippen LogP contribution in [0.4, 0.5) is 10.1 Å². The summed E-state index contributed by atoms with van der Waals surface area (Å²) in [7, 11) is -1.42. The minimum Gasteiger partial charge on any atom is -0.495 e. The highest BCUT2D eigenvalue weighted by molar-refractivity contribution is 7.92. The first-order chi connectivity index (χ1) is 18.0. The maximum absolute atomic E-state index is 14.5. The number of likely N-dealkylation sites (N-methyl/N-ethyl adjacent to an activating group) is 1. The van der Waals surface area contributed by atoms with E-state index in [1.54, 1.807) is 18.2 Å². The van der Waals surface area contributed by atoms with Gasteiger partial charge in [0, 0.05) is 19.2 Å². The van der Waals surface area contributed by atoms with E-state index in [-0.39, 0.29) is 27.7 Å². The number of hydrogen-bond acceptors (Lipinski definition) is 5. The van der Waals surface area contributed by atoms with Gasteiger partial charge in [0.05, 0.1) is 22.7 Å². The van der Waals surface area contributed by atoms with Crippen molar-refractivity contribution < 1.29 is 27.1 Å². The van der Waals surface area contributed by atoms with Gasteiger partial charge in [-0.15, -0.1) is 0 Å². The van der Waals surface area contributed by atoms with Gasteiger partial charge in [0.1, 0.15) is 24.2 Å². The Kier molecular flexibility index (Phi) is 9.35. The zero-order chi connectivity index (χ0) is 28.0. The predicted octanol–water partition coefficient (Wildman–Crippen LogP) is 4.15. The second-order valence-electron chi connectivity index (χ2n) is 8.55. The number of nitrogens with one attached hydrogen (secondary N) is 1. The van der Waals surface area contributed by atoms with Crippen molar-refractivity contribution in [2.75, 3.05) is 25.0 Å². The molecule has 0 aliphatic rings. The van der Waals surface area contributed by atoms with Gasteiger partial charge in [0.15, 0.2) is 0 Å². The second kappa shape index (κ2) is 12.3. The topological polar surface area (TPSA) is 96.0 Å². The van der Waals surface area contributed by atoms with Gasteiger partial charge in [0.2, 0.25) is 11.8 Å². The summed E-state index contributed by atoms with van der Waals surface area (Å²) in [6, 6.07) is 15.4. The lowest BCUT2D eigenvalue weighted by molar-refractivity contribution is -0.139. The molecule has 0 aliphatic carbocycles. The van der Waals surface area contributed by atoms with E-state index in [0.29, 0.717) is 5.75 Å². The summed E-state index contributed by atoms with van der Waals surface area (Å²) in [4.78, 5) is 27.3. The molecule has 0 spiro atoms. The van der Waals surface area contributed by atoms with Gasteiger partial charge in [-0.2, -0.15) is 0 Å². The molecule has 0 radical (unpaired) electrons. The molecule has 11 heteroatoms. The Bertz CT molecular complexity index is 1420. The van der Waals surface area contributed by atoms with Gasteiger partial charge < -0.3 is 15.0 Å². The standard InChI is InChI=1S/C27H29ClFN3O5S/c1-18-9-12-22(13-10-18)38(35,36)32(21-11-14-25(37-4)23(28)15-21)17-26(33)31(19(2)27(34)30-3)16-20-7-5-6-8-24(20)29/h5-15,19H,16-17H2,1-4H3,(H,30,34)/t19-/m0/s1. The molecule has 0 bridgehead atoms. The fourth-order valence-electron chi connectivity index (χ4n) is 3.78. The van der Waals surface area contributed by atoms with E-state index in [2.05, 4.69) is 5.32 Å². The van der Waals surface area contributed by atoms with Crippen LogP contribution >= 0.6 is 11.6 Å². The first-order valence-corrected chi connectivity index (χ1v) is 13.5. The van der Waals surface area contributed by atoms with E-state index in [1.165, 1.54) is 69.6 Å². The number of methoxy groups -OCH3 is 1. The minimum atomic E-state index is -4.26. The van der Waals surface area contributed by atoms with Gasteiger partial charge in [-0.1, -0.05) is 47.5 Å². The van der Waals surface area contributed by atoms with Crippen molar-refractivity contribution in [3.8, 4) is 5.75 Å². The molecular formula is C27H29ClFN3O5S. The van der Waals surface area contributed by atoms with Crippen molar-refractivity contribution in [3.63, 3.8) is 0 Å². The highest BCUT2D eigenvalue weighted by Crippen LogP contribution is 2.32. The summed E-state index contributed by atoms with van der Waals surface area (Å²) < 4.78 is 48.1. The van der Waals surface area contributed by atoms with Gasteiger partial charge in [-0.25, -0.2) is 12.8 Å². The average Bonchev–Trinajstić information content (AvgIpc) is 2.90. The van der Waals surface area contributed by atoms with Gasteiger partial charge in [0.25, 0.3) is 10.0 Å². The molecule has 2 amide bonds. The van der Waals surface area contributed by atoms with E-state index in [0.717, 1.165) is 14.8 Å². The van der Waals surface area contributed by atoms with Gasteiger partial charge in [-0.05, 0) is 50.2 Å². The highest BCUT2D eigenvalue weighted by Gasteiger charge is 2.33. The molecular weight excluding hydrogens is 533 g/mol. The van der Waals surface area contributed by atoms with Crippen molar-refractivity contribution in [3.05, 3.63) is 88.7 Å². The molecule has 0 aromatic heterocycles. The summed E-state index contributed by atoms with van der Waals surface area (Å²) in [6.07, 6.45) is 0. The van der Waals surface area contributed by atoms with E-state index in [9.17, 15) is 22.4 Å². The van der Waals surface area contributed by atoms with Gasteiger partial charge in [-0.3, -0.25) is 13.9 Å². The van der Waals surface area contributed by atoms with Crippen molar-refractivity contribution in [1.29, 1.82) is 0 Å². The molecule has 0 aliphatic heterocycles. The van der Waals surface area contributed by atoms with Crippen LogP contribution in [0.1, 0.15) is 18.1 Å². The third-order valence-corrected chi connectivity index (χ3v) is 8.11. The van der Waals surface area contributed by atoms with Crippen LogP contribution in [0.3, 0.4) is 0 Å². The Balaban J connectivity index is 2.08. The third-order valence-electron chi connectivity index (χ3n) is 6.02. The van der Waals surface area contributed by atoms with Crippen LogP contribution in [0, 0.1) is 12.7 Å². The number of halogens is 2. The summed E-state index contributed by atoms with van der Waals surface area (Å²) in [5, 5.41) is 2.62. The first-order valence-electron chi connectivity index (χ1n) is 11.7. The van der Waals surface area contributed by atoms with Crippen LogP contribution in [0.15, 0.2) is 71.6 Å².